The van der Waals surface area contributed by atoms with Gasteiger partial charge in [-0.15, -0.1) is 0 Å². The Balaban J connectivity index is 0.000000461. The van der Waals surface area contributed by atoms with Gasteiger partial charge in [0.25, 0.3) is 0 Å². The highest BCUT2D eigenvalue weighted by molar-refractivity contribution is 5.14. The SMILES string of the molecule is CC.CCc1cn(C)nc1C. The zero-order valence-electron chi connectivity index (χ0n) is 8.18. The van der Waals surface area contributed by atoms with Crippen molar-refractivity contribution in [1.29, 1.82) is 0 Å². The molecule has 0 aliphatic rings. The molecule has 0 bridgehead atoms. The van der Waals surface area contributed by atoms with Crippen molar-refractivity contribution in [3.63, 3.8) is 0 Å². The fourth-order valence-corrected chi connectivity index (χ4v) is 0.996. The van der Waals surface area contributed by atoms with Crippen LogP contribution < -0.4 is 0 Å². The van der Waals surface area contributed by atoms with Crippen molar-refractivity contribution < 1.29 is 0 Å². The summed E-state index contributed by atoms with van der Waals surface area (Å²) >= 11 is 0. The van der Waals surface area contributed by atoms with E-state index in [1.54, 1.807) is 0 Å². The summed E-state index contributed by atoms with van der Waals surface area (Å²) in [7, 11) is 1.95. The fraction of sp³-hybridized carbons (Fsp3) is 0.667. The summed E-state index contributed by atoms with van der Waals surface area (Å²) in [6, 6.07) is 0. The summed E-state index contributed by atoms with van der Waals surface area (Å²) in [5.41, 5.74) is 2.50. The molecule has 2 nitrogen and oxygen atoms in total. The van der Waals surface area contributed by atoms with Crippen molar-refractivity contribution in [2.45, 2.75) is 34.1 Å². The Bertz CT molecular complexity index is 201. The van der Waals surface area contributed by atoms with Gasteiger partial charge in [0.2, 0.25) is 0 Å². The van der Waals surface area contributed by atoms with Gasteiger partial charge in [-0.2, -0.15) is 5.10 Å². The average molecular weight is 154 g/mol. The lowest BCUT2D eigenvalue weighted by Crippen LogP contribution is -1.86. The highest BCUT2D eigenvalue weighted by Gasteiger charge is 1.97. The quantitative estimate of drug-likeness (QED) is 0.607. The molecule has 0 aliphatic carbocycles. The van der Waals surface area contributed by atoms with Gasteiger partial charge in [0.15, 0.2) is 0 Å². The first-order valence-corrected chi connectivity index (χ1v) is 4.23. The zero-order valence-corrected chi connectivity index (χ0v) is 8.18. The minimum absolute atomic E-state index is 1.08. The van der Waals surface area contributed by atoms with E-state index in [-0.39, 0.29) is 0 Å². The van der Waals surface area contributed by atoms with E-state index in [4.69, 9.17) is 0 Å². The van der Waals surface area contributed by atoms with E-state index >= 15 is 0 Å². The van der Waals surface area contributed by atoms with Crippen LogP contribution >= 0.6 is 0 Å². The first-order chi connectivity index (χ1) is 5.24. The maximum atomic E-state index is 4.20. The van der Waals surface area contributed by atoms with Gasteiger partial charge < -0.3 is 0 Å². The number of rotatable bonds is 1. The van der Waals surface area contributed by atoms with Crippen LogP contribution in [0.4, 0.5) is 0 Å². The van der Waals surface area contributed by atoms with Gasteiger partial charge in [-0.1, -0.05) is 20.8 Å². The number of aromatic nitrogens is 2. The molecule has 0 amide bonds. The second kappa shape index (κ2) is 4.94. The van der Waals surface area contributed by atoms with Gasteiger partial charge in [-0.25, -0.2) is 0 Å². The van der Waals surface area contributed by atoms with Gasteiger partial charge in [-0.05, 0) is 18.9 Å². The lowest BCUT2D eigenvalue weighted by atomic mass is 10.2. The summed E-state index contributed by atoms with van der Waals surface area (Å²) in [4.78, 5) is 0. The topological polar surface area (TPSA) is 17.8 Å². The molecule has 64 valence electrons. The molecule has 0 aromatic carbocycles. The van der Waals surface area contributed by atoms with Crippen LogP contribution in [-0.4, -0.2) is 9.78 Å². The first-order valence-electron chi connectivity index (χ1n) is 4.23. The third kappa shape index (κ3) is 2.74. The Morgan fingerprint density at radius 3 is 2.18 bits per heavy atom. The average Bonchev–Trinajstić information content (AvgIpc) is 2.33. The lowest BCUT2D eigenvalue weighted by Gasteiger charge is -1.85. The van der Waals surface area contributed by atoms with E-state index in [2.05, 4.69) is 18.2 Å². The zero-order chi connectivity index (χ0) is 8.85. The van der Waals surface area contributed by atoms with Crippen LogP contribution in [0.5, 0.6) is 0 Å². The molecule has 11 heavy (non-hydrogen) atoms. The minimum Gasteiger partial charge on any atom is -0.275 e. The normalized spacial score (nSPS) is 8.82. The number of aryl methyl sites for hydroxylation is 3. The molecule has 0 unspecified atom stereocenters. The molecular formula is C9H18N2. The van der Waals surface area contributed by atoms with Gasteiger partial charge in [0, 0.05) is 13.2 Å². The van der Waals surface area contributed by atoms with Crippen LogP contribution in [0.1, 0.15) is 32.0 Å². The molecule has 1 heterocycles. The van der Waals surface area contributed by atoms with Crippen LogP contribution in [-0.2, 0) is 13.5 Å². The van der Waals surface area contributed by atoms with E-state index in [0.29, 0.717) is 0 Å². The number of nitrogens with zero attached hydrogens (tertiary/aromatic N) is 2. The summed E-state index contributed by atoms with van der Waals surface area (Å²) in [6.07, 6.45) is 3.15. The van der Waals surface area contributed by atoms with E-state index < -0.39 is 0 Å². The second-order valence-electron chi connectivity index (χ2n) is 2.27. The van der Waals surface area contributed by atoms with E-state index in [0.717, 1.165) is 12.1 Å². The minimum atomic E-state index is 1.08. The van der Waals surface area contributed by atoms with Crippen LogP contribution in [0, 0.1) is 6.92 Å². The van der Waals surface area contributed by atoms with Crippen LogP contribution in [0.15, 0.2) is 6.20 Å². The molecule has 1 aromatic heterocycles. The molecule has 0 saturated carbocycles. The Kier molecular flexibility index (Phi) is 4.59. The van der Waals surface area contributed by atoms with Crippen molar-refractivity contribution in [2.24, 2.45) is 7.05 Å². The van der Waals surface area contributed by atoms with Gasteiger partial charge in [0.05, 0.1) is 5.69 Å². The predicted octanol–water partition coefficient (Wildman–Crippen LogP) is 2.32. The predicted molar refractivity (Wildman–Crippen MR) is 48.7 cm³/mol. The Morgan fingerprint density at radius 1 is 1.45 bits per heavy atom. The molecular weight excluding hydrogens is 136 g/mol. The van der Waals surface area contributed by atoms with Crippen molar-refractivity contribution in [3.8, 4) is 0 Å². The largest absolute Gasteiger partial charge is 0.275 e. The van der Waals surface area contributed by atoms with Gasteiger partial charge in [-0.3, -0.25) is 4.68 Å². The van der Waals surface area contributed by atoms with E-state index in [1.165, 1.54) is 5.56 Å². The fourth-order valence-electron chi connectivity index (χ4n) is 0.996. The van der Waals surface area contributed by atoms with Crippen LogP contribution in [0.2, 0.25) is 0 Å². The summed E-state index contributed by atoms with van der Waals surface area (Å²) in [5.74, 6) is 0. The van der Waals surface area contributed by atoms with E-state index in [1.807, 2.05) is 32.5 Å². The molecule has 0 N–H and O–H groups in total. The Labute approximate surface area is 69.2 Å². The first kappa shape index (κ1) is 10.2. The summed E-state index contributed by atoms with van der Waals surface area (Å²) in [6.45, 7) is 8.18. The van der Waals surface area contributed by atoms with Gasteiger partial charge >= 0.3 is 0 Å². The van der Waals surface area contributed by atoms with E-state index in [9.17, 15) is 0 Å². The molecule has 0 spiro atoms. The molecule has 2 heteroatoms. The van der Waals surface area contributed by atoms with Crippen molar-refractivity contribution in [1.82, 2.24) is 9.78 Å². The second-order valence-corrected chi connectivity index (χ2v) is 2.27. The smallest absolute Gasteiger partial charge is 0.0625 e. The number of hydrogen-bond donors (Lipinski definition) is 0. The molecule has 1 aromatic rings. The van der Waals surface area contributed by atoms with Crippen molar-refractivity contribution in [3.05, 3.63) is 17.5 Å². The monoisotopic (exact) mass is 154 g/mol. The third-order valence-corrected chi connectivity index (χ3v) is 1.50. The van der Waals surface area contributed by atoms with Crippen molar-refractivity contribution >= 4 is 0 Å². The molecule has 0 saturated heterocycles. The lowest BCUT2D eigenvalue weighted by molar-refractivity contribution is 0.756. The van der Waals surface area contributed by atoms with Crippen molar-refractivity contribution in [2.75, 3.05) is 0 Å². The summed E-state index contributed by atoms with van der Waals surface area (Å²) < 4.78 is 1.86. The summed E-state index contributed by atoms with van der Waals surface area (Å²) in [5, 5.41) is 4.20. The molecule has 0 atom stereocenters. The molecule has 0 radical (unpaired) electrons. The molecule has 0 aliphatic heterocycles. The third-order valence-electron chi connectivity index (χ3n) is 1.50. The standard InChI is InChI=1S/C7H12N2.C2H6/c1-4-7-5-9(3)8-6(7)2;1-2/h5H,4H2,1-3H3;1-2H3. The maximum Gasteiger partial charge on any atom is 0.0625 e. The Hall–Kier alpha value is -0.790. The molecule has 0 fully saturated rings. The Morgan fingerprint density at radius 2 is 2.00 bits per heavy atom. The van der Waals surface area contributed by atoms with Gasteiger partial charge in [0.1, 0.15) is 0 Å². The highest BCUT2D eigenvalue weighted by atomic mass is 15.2. The molecule has 1 rings (SSSR count). The number of hydrogen-bond acceptors (Lipinski definition) is 1. The van der Waals surface area contributed by atoms with Crippen LogP contribution in [0.3, 0.4) is 0 Å². The maximum absolute atomic E-state index is 4.20. The highest BCUT2D eigenvalue weighted by Crippen LogP contribution is 2.03. The van der Waals surface area contributed by atoms with Crippen LogP contribution in [0.25, 0.3) is 0 Å².